The lowest BCUT2D eigenvalue weighted by atomic mass is 10.1. The van der Waals surface area contributed by atoms with E-state index in [4.69, 9.17) is 11.5 Å². The number of guanidine groups is 1. The number of nitrogens with one attached hydrogen (secondary N) is 2. The molecule has 0 aliphatic carbocycles. The Labute approximate surface area is 185 Å². The number of aromatic nitrogens is 1. The van der Waals surface area contributed by atoms with Crippen molar-refractivity contribution in [2.75, 3.05) is 25.5 Å². The number of hydrogen-bond donors (Lipinski definition) is 4. The number of aryl methyl sites for hydroxylation is 2. The zero-order valence-corrected chi connectivity index (χ0v) is 18.7. The minimum atomic E-state index is -0.136. The van der Waals surface area contributed by atoms with Crippen LogP contribution in [0.2, 0.25) is 0 Å². The Bertz CT molecular complexity index is 951. The first-order valence-corrected chi connectivity index (χ1v) is 11.0. The molecule has 1 unspecified atom stereocenters. The highest BCUT2D eigenvalue weighted by molar-refractivity contribution is 7.15. The predicted molar refractivity (Wildman–Crippen MR) is 123 cm³/mol. The molecule has 1 atom stereocenters. The maximum Gasteiger partial charge on any atom is 0.224 e. The maximum absolute atomic E-state index is 11.9. The molecule has 2 amide bonds. The number of benzene rings is 1. The van der Waals surface area contributed by atoms with E-state index in [0.29, 0.717) is 10.8 Å². The first kappa shape index (κ1) is 22.7. The highest BCUT2D eigenvalue weighted by Crippen LogP contribution is 2.28. The third-order valence-corrected chi connectivity index (χ3v) is 6.16. The van der Waals surface area contributed by atoms with Crippen molar-refractivity contribution < 1.29 is 9.59 Å². The molecule has 0 radical (unpaired) electrons. The number of likely N-dealkylation sites (tertiary alicyclic amines) is 1. The first-order valence-electron chi connectivity index (χ1n) is 10.2. The van der Waals surface area contributed by atoms with Gasteiger partial charge in [-0.05, 0) is 43.5 Å². The van der Waals surface area contributed by atoms with Crippen LogP contribution in [0.1, 0.15) is 29.5 Å². The summed E-state index contributed by atoms with van der Waals surface area (Å²) < 4.78 is 0. The van der Waals surface area contributed by atoms with Gasteiger partial charge in [0.2, 0.25) is 11.8 Å². The largest absolute Gasteiger partial charge is 0.370 e. The molecule has 1 aliphatic rings. The van der Waals surface area contributed by atoms with Gasteiger partial charge in [0.05, 0.1) is 17.3 Å². The van der Waals surface area contributed by atoms with Crippen molar-refractivity contribution in [2.24, 2.45) is 22.4 Å². The molecule has 1 aromatic heterocycles. The predicted octanol–water partition coefficient (Wildman–Crippen LogP) is 1.36. The Morgan fingerprint density at radius 3 is 2.65 bits per heavy atom. The van der Waals surface area contributed by atoms with Crippen LogP contribution in [0.3, 0.4) is 0 Å². The molecule has 1 aromatic carbocycles. The summed E-state index contributed by atoms with van der Waals surface area (Å²) in [5, 5.41) is 6.15. The molecule has 6 N–H and O–H groups in total. The van der Waals surface area contributed by atoms with E-state index in [2.05, 4.69) is 25.5 Å². The van der Waals surface area contributed by atoms with Gasteiger partial charge in [-0.2, -0.15) is 0 Å². The van der Waals surface area contributed by atoms with Gasteiger partial charge in [-0.1, -0.05) is 12.1 Å². The summed E-state index contributed by atoms with van der Waals surface area (Å²) in [5.74, 6) is 0.0176. The van der Waals surface area contributed by atoms with E-state index >= 15 is 0 Å². The molecule has 0 spiro atoms. The lowest BCUT2D eigenvalue weighted by molar-refractivity contribution is -0.124. The zero-order chi connectivity index (χ0) is 22.4. The van der Waals surface area contributed by atoms with Gasteiger partial charge in [0.15, 0.2) is 11.1 Å². The summed E-state index contributed by atoms with van der Waals surface area (Å²) in [5.41, 5.74) is 13.7. The third-order valence-electron chi connectivity index (χ3n) is 5.16. The number of nitrogens with zero attached hydrogens (tertiary/aromatic N) is 3. The van der Waals surface area contributed by atoms with Crippen molar-refractivity contribution in [3.05, 3.63) is 40.4 Å². The van der Waals surface area contributed by atoms with Crippen LogP contribution in [0, 0.1) is 5.92 Å². The lowest BCUT2D eigenvalue weighted by Crippen LogP contribution is -2.30. The summed E-state index contributed by atoms with van der Waals surface area (Å²) in [6, 6.07) is 7.75. The molecule has 3 rings (SSSR count). The molecule has 10 heteroatoms. The fraction of sp³-hybridized carbons (Fsp3) is 0.429. The Kier molecular flexibility index (Phi) is 7.59. The number of nitrogens with two attached hydrogens (primary N) is 2. The second-order valence-electron chi connectivity index (χ2n) is 7.61. The van der Waals surface area contributed by atoms with Gasteiger partial charge < -0.3 is 22.1 Å². The van der Waals surface area contributed by atoms with Crippen molar-refractivity contribution >= 4 is 39.9 Å². The standard InChI is InChI=1S/C21H29N7O2S/c1-13(29)25-21-27-17(8-5-14-3-6-16(7-4-14)26-20(22)23)18(31-21)12-28-10-9-15(11-28)19(30)24-2/h3-4,6-7,15H,5,8-12H2,1-2H3,(H,24,30)(H4,22,23,26)(H,25,27,29). The number of hydrogen-bond acceptors (Lipinski definition) is 6. The van der Waals surface area contributed by atoms with Gasteiger partial charge in [0.25, 0.3) is 0 Å². The van der Waals surface area contributed by atoms with Gasteiger partial charge in [-0.25, -0.2) is 9.98 Å². The Hall–Kier alpha value is -2.98. The fourth-order valence-corrected chi connectivity index (χ4v) is 4.75. The summed E-state index contributed by atoms with van der Waals surface area (Å²) in [6.07, 6.45) is 2.41. The zero-order valence-electron chi connectivity index (χ0n) is 17.9. The minimum Gasteiger partial charge on any atom is -0.370 e. The number of carbonyl (C=O) groups is 2. The lowest BCUT2D eigenvalue weighted by Gasteiger charge is -2.15. The van der Waals surface area contributed by atoms with Crippen molar-refractivity contribution in [3.63, 3.8) is 0 Å². The average Bonchev–Trinajstić information content (AvgIpc) is 3.33. The van der Waals surface area contributed by atoms with Crippen LogP contribution in [0.25, 0.3) is 0 Å². The van der Waals surface area contributed by atoms with E-state index < -0.39 is 0 Å². The molecular weight excluding hydrogens is 414 g/mol. The summed E-state index contributed by atoms with van der Waals surface area (Å²) in [4.78, 5) is 35.5. The fourth-order valence-electron chi connectivity index (χ4n) is 3.65. The van der Waals surface area contributed by atoms with Crippen molar-refractivity contribution in [2.45, 2.75) is 32.7 Å². The molecule has 1 aliphatic heterocycles. The second kappa shape index (κ2) is 10.4. The van der Waals surface area contributed by atoms with Gasteiger partial charge in [-0.15, -0.1) is 11.3 Å². The Morgan fingerprint density at radius 2 is 2.00 bits per heavy atom. The maximum atomic E-state index is 11.9. The number of aliphatic imine (C=N–C) groups is 1. The molecular formula is C21H29N7O2S. The van der Waals surface area contributed by atoms with Gasteiger partial charge >= 0.3 is 0 Å². The highest BCUT2D eigenvalue weighted by Gasteiger charge is 2.28. The van der Waals surface area contributed by atoms with Gasteiger partial charge in [-0.3, -0.25) is 14.5 Å². The van der Waals surface area contributed by atoms with Crippen LogP contribution in [-0.2, 0) is 29.0 Å². The van der Waals surface area contributed by atoms with Gasteiger partial charge in [0, 0.05) is 31.9 Å². The van der Waals surface area contributed by atoms with Crippen LogP contribution in [0.5, 0.6) is 0 Å². The Balaban J connectivity index is 1.68. The average molecular weight is 444 g/mol. The quantitative estimate of drug-likeness (QED) is 0.359. The van der Waals surface area contributed by atoms with E-state index in [-0.39, 0.29) is 23.7 Å². The molecule has 1 fully saturated rings. The number of thiazole rings is 1. The number of anilines is 1. The summed E-state index contributed by atoms with van der Waals surface area (Å²) in [6.45, 7) is 3.81. The van der Waals surface area contributed by atoms with Crippen LogP contribution in [-0.4, -0.2) is 47.8 Å². The van der Waals surface area contributed by atoms with E-state index in [0.717, 1.165) is 55.0 Å². The monoisotopic (exact) mass is 443 g/mol. The molecule has 9 nitrogen and oxygen atoms in total. The third kappa shape index (κ3) is 6.50. The summed E-state index contributed by atoms with van der Waals surface area (Å²) >= 11 is 1.50. The molecule has 1 saturated heterocycles. The van der Waals surface area contributed by atoms with Crippen LogP contribution >= 0.6 is 11.3 Å². The summed E-state index contributed by atoms with van der Waals surface area (Å²) in [7, 11) is 1.68. The number of carbonyl (C=O) groups excluding carboxylic acids is 2. The van der Waals surface area contributed by atoms with Crippen LogP contribution < -0.4 is 22.1 Å². The van der Waals surface area contributed by atoms with Crippen LogP contribution in [0.15, 0.2) is 29.3 Å². The normalized spacial score (nSPS) is 16.1. The molecule has 2 heterocycles. The topological polar surface area (TPSA) is 139 Å². The molecule has 0 bridgehead atoms. The van der Waals surface area contributed by atoms with Gasteiger partial charge in [0.1, 0.15) is 0 Å². The second-order valence-corrected chi connectivity index (χ2v) is 8.69. The van der Waals surface area contributed by atoms with E-state index in [1.54, 1.807) is 7.05 Å². The minimum absolute atomic E-state index is 0.0277. The van der Waals surface area contributed by atoms with Crippen molar-refractivity contribution in [3.8, 4) is 0 Å². The molecule has 0 saturated carbocycles. The van der Waals surface area contributed by atoms with E-state index in [9.17, 15) is 9.59 Å². The van der Waals surface area contributed by atoms with Crippen molar-refractivity contribution in [1.82, 2.24) is 15.2 Å². The highest BCUT2D eigenvalue weighted by atomic mass is 32.1. The number of amides is 2. The Morgan fingerprint density at radius 1 is 1.26 bits per heavy atom. The SMILES string of the molecule is CNC(=O)C1CCN(Cc2sc(NC(C)=O)nc2CCc2ccc(N=C(N)N)cc2)C1. The molecule has 31 heavy (non-hydrogen) atoms. The number of rotatable bonds is 8. The smallest absolute Gasteiger partial charge is 0.224 e. The van der Waals surface area contributed by atoms with E-state index in [1.807, 2.05) is 24.3 Å². The van der Waals surface area contributed by atoms with E-state index in [1.165, 1.54) is 18.3 Å². The first-order chi connectivity index (χ1) is 14.8. The van der Waals surface area contributed by atoms with Crippen LogP contribution in [0.4, 0.5) is 10.8 Å². The molecule has 2 aromatic rings. The van der Waals surface area contributed by atoms with Crippen molar-refractivity contribution in [1.29, 1.82) is 0 Å². The molecule has 166 valence electrons.